The van der Waals surface area contributed by atoms with Crippen LogP contribution in [-0.2, 0) is 11.2 Å². The minimum Gasteiger partial charge on any atom is -0.478 e. The fourth-order valence-corrected chi connectivity index (χ4v) is 2.10. The van der Waals surface area contributed by atoms with Gasteiger partial charge in [0, 0.05) is 11.1 Å². The van der Waals surface area contributed by atoms with Crippen molar-refractivity contribution in [2.24, 2.45) is 0 Å². The van der Waals surface area contributed by atoms with Crippen LogP contribution in [0.1, 0.15) is 16.1 Å². The Kier molecular flexibility index (Phi) is 3.94. The number of thiazole rings is 1. The normalized spacial score (nSPS) is 10.2. The van der Waals surface area contributed by atoms with Gasteiger partial charge < -0.3 is 16.2 Å². The van der Waals surface area contributed by atoms with E-state index in [2.05, 4.69) is 10.3 Å². The van der Waals surface area contributed by atoms with Crippen LogP contribution in [0.4, 0.5) is 15.2 Å². The third-order valence-corrected chi connectivity index (χ3v) is 3.11. The molecule has 1 amide bonds. The van der Waals surface area contributed by atoms with Gasteiger partial charge in [-0.3, -0.25) is 4.79 Å². The van der Waals surface area contributed by atoms with Gasteiger partial charge in [-0.05, 0) is 18.2 Å². The number of carbonyl (C=O) groups excluding carboxylic acids is 1. The number of nitrogens with one attached hydrogen (secondary N) is 1. The number of halogens is 1. The first-order chi connectivity index (χ1) is 9.45. The van der Waals surface area contributed by atoms with E-state index in [1.54, 1.807) is 5.38 Å². The lowest BCUT2D eigenvalue weighted by molar-refractivity contribution is -0.115. The molecule has 1 aromatic heterocycles. The van der Waals surface area contributed by atoms with Crippen molar-refractivity contribution in [2.45, 2.75) is 6.42 Å². The number of hydrogen-bond donors (Lipinski definition) is 3. The van der Waals surface area contributed by atoms with E-state index in [0.29, 0.717) is 10.8 Å². The quantitative estimate of drug-likeness (QED) is 0.796. The lowest BCUT2D eigenvalue weighted by Crippen LogP contribution is -2.15. The number of nitrogen functional groups attached to an aromatic ring is 1. The van der Waals surface area contributed by atoms with Crippen molar-refractivity contribution in [3.8, 4) is 0 Å². The van der Waals surface area contributed by atoms with Gasteiger partial charge in [-0.2, -0.15) is 0 Å². The van der Waals surface area contributed by atoms with Gasteiger partial charge in [0.2, 0.25) is 5.91 Å². The molecule has 0 atom stereocenters. The molecule has 0 radical (unpaired) electrons. The number of rotatable bonds is 4. The molecule has 0 saturated heterocycles. The van der Waals surface area contributed by atoms with Crippen molar-refractivity contribution in [1.29, 1.82) is 0 Å². The van der Waals surface area contributed by atoms with E-state index in [1.165, 1.54) is 17.4 Å². The molecule has 0 aliphatic carbocycles. The molecule has 8 heteroatoms. The lowest BCUT2D eigenvalue weighted by atomic mass is 10.2. The van der Waals surface area contributed by atoms with Gasteiger partial charge in [0.05, 0.1) is 17.7 Å². The maximum atomic E-state index is 13.2. The van der Waals surface area contributed by atoms with Crippen molar-refractivity contribution in [2.75, 3.05) is 11.1 Å². The minimum atomic E-state index is -1.40. The molecule has 0 aliphatic rings. The molecule has 1 aromatic carbocycles. The largest absolute Gasteiger partial charge is 0.478 e. The van der Waals surface area contributed by atoms with E-state index >= 15 is 0 Å². The third-order valence-electron chi connectivity index (χ3n) is 2.39. The second kappa shape index (κ2) is 5.66. The average molecular weight is 295 g/mol. The van der Waals surface area contributed by atoms with Crippen LogP contribution in [0.3, 0.4) is 0 Å². The molecular weight excluding hydrogens is 285 g/mol. The summed E-state index contributed by atoms with van der Waals surface area (Å²) in [4.78, 5) is 26.4. The topological polar surface area (TPSA) is 105 Å². The number of aromatic nitrogens is 1. The van der Waals surface area contributed by atoms with E-state index in [-0.39, 0.29) is 12.1 Å². The Morgan fingerprint density at radius 2 is 2.20 bits per heavy atom. The molecule has 2 aromatic rings. The van der Waals surface area contributed by atoms with Gasteiger partial charge in [-0.1, -0.05) is 0 Å². The summed E-state index contributed by atoms with van der Waals surface area (Å²) in [5.41, 5.74) is 5.67. The van der Waals surface area contributed by atoms with Gasteiger partial charge in [-0.15, -0.1) is 11.3 Å². The van der Waals surface area contributed by atoms with E-state index in [1.807, 2.05) is 0 Å². The predicted octanol–water partition coefficient (Wildman–Crippen LogP) is 1.74. The van der Waals surface area contributed by atoms with E-state index in [9.17, 15) is 14.0 Å². The number of hydrogen-bond acceptors (Lipinski definition) is 5. The highest BCUT2D eigenvalue weighted by atomic mass is 32.1. The molecule has 4 N–H and O–H groups in total. The Morgan fingerprint density at radius 1 is 1.45 bits per heavy atom. The number of carboxylic acid groups (broad SMARTS) is 1. The smallest absolute Gasteiger partial charge is 0.338 e. The summed E-state index contributed by atoms with van der Waals surface area (Å²) in [6.45, 7) is 0. The summed E-state index contributed by atoms with van der Waals surface area (Å²) in [7, 11) is 0. The van der Waals surface area contributed by atoms with Crippen molar-refractivity contribution < 1.29 is 19.1 Å². The van der Waals surface area contributed by atoms with Crippen LogP contribution < -0.4 is 11.1 Å². The van der Waals surface area contributed by atoms with Crippen LogP contribution in [0.15, 0.2) is 23.6 Å². The Balaban J connectivity index is 2.08. The zero-order valence-electron chi connectivity index (χ0n) is 10.1. The summed E-state index contributed by atoms with van der Waals surface area (Å²) in [6, 6.07) is 3.33. The SMILES string of the molecule is Nc1nc(CC(=O)Nc2ccc(F)c(C(=O)O)c2)cs1. The van der Waals surface area contributed by atoms with Crippen LogP contribution in [0.25, 0.3) is 0 Å². The number of carboxylic acids is 1. The highest BCUT2D eigenvalue weighted by Gasteiger charge is 2.13. The Morgan fingerprint density at radius 3 is 2.80 bits per heavy atom. The molecule has 0 bridgehead atoms. The van der Waals surface area contributed by atoms with Gasteiger partial charge in [-0.25, -0.2) is 14.2 Å². The van der Waals surface area contributed by atoms with Crippen LogP contribution in [0, 0.1) is 5.82 Å². The van der Waals surface area contributed by atoms with Gasteiger partial charge in [0.1, 0.15) is 5.82 Å². The number of carbonyl (C=O) groups is 2. The van der Waals surface area contributed by atoms with Gasteiger partial charge >= 0.3 is 5.97 Å². The van der Waals surface area contributed by atoms with Crippen molar-refractivity contribution in [3.63, 3.8) is 0 Å². The lowest BCUT2D eigenvalue weighted by Gasteiger charge is -2.05. The van der Waals surface area contributed by atoms with Crippen molar-refractivity contribution in [3.05, 3.63) is 40.7 Å². The van der Waals surface area contributed by atoms with Crippen LogP contribution in [0.5, 0.6) is 0 Å². The molecule has 0 unspecified atom stereocenters. The molecule has 20 heavy (non-hydrogen) atoms. The Hall–Kier alpha value is -2.48. The molecule has 6 nitrogen and oxygen atoms in total. The van der Waals surface area contributed by atoms with Gasteiger partial charge in [0.15, 0.2) is 5.13 Å². The summed E-state index contributed by atoms with van der Waals surface area (Å²) in [5.74, 6) is -2.65. The average Bonchev–Trinajstić information content (AvgIpc) is 2.76. The highest BCUT2D eigenvalue weighted by Crippen LogP contribution is 2.16. The fourth-order valence-electron chi connectivity index (χ4n) is 1.54. The number of benzene rings is 1. The predicted molar refractivity (Wildman–Crippen MR) is 72.2 cm³/mol. The maximum Gasteiger partial charge on any atom is 0.338 e. The van der Waals surface area contributed by atoms with Crippen LogP contribution in [-0.4, -0.2) is 22.0 Å². The first kappa shape index (κ1) is 13.9. The Bertz CT molecular complexity index is 672. The molecular formula is C12H10FN3O3S. The number of anilines is 2. The second-order valence-corrected chi connectivity index (χ2v) is 4.79. The zero-order chi connectivity index (χ0) is 14.7. The first-order valence-corrected chi connectivity index (χ1v) is 6.36. The second-order valence-electron chi connectivity index (χ2n) is 3.90. The highest BCUT2D eigenvalue weighted by molar-refractivity contribution is 7.13. The molecule has 0 aliphatic heterocycles. The van der Waals surface area contributed by atoms with Gasteiger partial charge in [0.25, 0.3) is 0 Å². The standard InChI is InChI=1S/C12H10FN3O3S/c13-9-2-1-6(3-8(9)11(18)19)15-10(17)4-7-5-20-12(14)16-7/h1-3,5H,4H2,(H2,14,16)(H,15,17)(H,18,19). The summed E-state index contributed by atoms with van der Waals surface area (Å²) in [5, 5.41) is 13.3. The molecule has 2 rings (SSSR count). The number of aromatic carboxylic acids is 1. The molecule has 0 saturated carbocycles. The molecule has 104 valence electrons. The number of amides is 1. The summed E-state index contributed by atoms with van der Waals surface area (Å²) < 4.78 is 13.2. The summed E-state index contributed by atoms with van der Waals surface area (Å²) in [6.07, 6.45) is 0.00742. The Labute approximate surface area is 117 Å². The molecule has 1 heterocycles. The van der Waals surface area contributed by atoms with Crippen LogP contribution >= 0.6 is 11.3 Å². The first-order valence-electron chi connectivity index (χ1n) is 5.48. The third kappa shape index (κ3) is 3.29. The van der Waals surface area contributed by atoms with E-state index in [0.717, 1.165) is 12.1 Å². The van der Waals surface area contributed by atoms with Crippen molar-refractivity contribution in [1.82, 2.24) is 4.98 Å². The molecule has 0 fully saturated rings. The van der Waals surface area contributed by atoms with E-state index in [4.69, 9.17) is 10.8 Å². The maximum absolute atomic E-state index is 13.2. The minimum absolute atomic E-state index is 0.00742. The molecule has 0 spiro atoms. The summed E-state index contributed by atoms with van der Waals surface area (Å²) >= 11 is 1.22. The number of nitrogens with two attached hydrogens (primary N) is 1. The van der Waals surface area contributed by atoms with Crippen molar-refractivity contribution >= 4 is 34.0 Å². The fraction of sp³-hybridized carbons (Fsp3) is 0.0833. The van der Waals surface area contributed by atoms with Crippen LogP contribution in [0.2, 0.25) is 0 Å². The monoisotopic (exact) mass is 295 g/mol. The van der Waals surface area contributed by atoms with E-state index < -0.39 is 23.3 Å². The zero-order valence-corrected chi connectivity index (χ0v) is 10.9. The number of nitrogens with zero attached hydrogens (tertiary/aromatic N) is 1.